The maximum absolute atomic E-state index is 12.2. The standard InChI is InChI=1S/C23H33N3O2S/c1-22(2,3)17-13-11-16(12-14-17)20-24-25-21(26(20)18-9-7-8-10-18)29-15-19(27)28-23(4,5)6/h11-14,18H,7-10,15H2,1-6H3. The van der Waals surface area contributed by atoms with Crippen molar-refractivity contribution < 1.29 is 9.53 Å². The Kier molecular flexibility index (Phi) is 6.42. The minimum atomic E-state index is -0.475. The van der Waals surface area contributed by atoms with E-state index in [0.29, 0.717) is 6.04 Å². The van der Waals surface area contributed by atoms with E-state index >= 15 is 0 Å². The summed E-state index contributed by atoms with van der Waals surface area (Å²) in [7, 11) is 0. The lowest BCUT2D eigenvalue weighted by atomic mass is 9.86. The summed E-state index contributed by atoms with van der Waals surface area (Å²) in [5.41, 5.74) is 2.01. The molecule has 0 saturated heterocycles. The van der Waals surface area contributed by atoms with Crippen LogP contribution in [0.3, 0.4) is 0 Å². The van der Waals surface area contributed by atoms with Gasteiger partial charge in [0.2, 0.25) is 0 Å². The number of carbonyl (C=O) groups excluding carboxylic acids is 1. The van der Waals surface area contributed by atoms with Crippen molar-refractivity contribution in [3.63, 3.8) is 0 Å². The first-order chi connectivity index (χ1) is 13.5. The summed E-state index contributed by atoms with van der Waals surface area (Å²) in [6.07, 6.45) is 4.71. The summed E-state index contributed by atoms with van der Waals surface area (Å²) in [6.45, 7) is 12.3. The molecule has 1 aromatic heterocycles. The second-order valence-corrected chi connectivity index (χ2v) is 10.8. The van der Waals surface area contributed by atoms with Crippen LogP contribution in [0.2, 0.25) is 0 Å². The zero-order valence-electron chi connectivity index (χ0n) is 18.5. The van der Waals surface area contributed by atoms with Gasteiger partial charge in [-0.15, -0.1) is 10.2 Å². The Hall–Kier alpha value is -1.82. The first kappa shape index (κ1) is 21.9. The Morgan fingerprint density at radius 3 is 2.24 bits per heavy atom. The number of rotatable bonds is 5. The second-order valence-electron chi connectivity index (χ2n) is 9.82. The van der Waals surface area contributed by atoms with E-state index in [0.717, 1.165) is 29.4 Å². The smallest absolute Gasteiger partial charge is 0.316 e. The lowest BCUT2D eigenvalue weighted by Crippen LogP contribution is -2.25. The number of ether oxygens (including phenoxy) is 1. The van der Waals surface area contributed by atoms with Crippen LogP contribution in [0.4, 0.5) is 0 Å². The molecular formula is C23H33N3O2S. The molecule has 3 rings (SSSR count). The number of benzene rings is 1. The summed E-state index contributed by atoms with van der Waals surface area (Å²) in [6, 6.07) is 9.02. The van der Waals surface area contributed by atoms with Gasteiger partial charge in [-0.3, -0.25) is 9.36 Å². The van der Waals surface area contributed by atoms with Crippen molar-refractivity contribution in [1.29, 1.82) is 0 Å². The third kappa shape index (κ3) is 5.62. The van der Waals surface area contributed by atoms with Crippen LogP contribution in [0.25, 0.3) is 11.4 Å². The molecule has 5 nitrogen and oxygen atoms in total. The fourth-order valence-corrected chi connectivity index (χ4v) is 4.46. The number of esters is 1. The zero-order chi connectivity index (χ0) is 21.2. The summed E-state index contributed by atoms with van der Waals surface area (Å²) in [5.74, 6) is 0.911. The van der Waals surface area contributed by atoms with Gasteiger partial charge in [0.1, 0.15) is 5.60 Å². The Morgan fingerprint density at radius 1 is 1.07 bits per heavy atom. The first-order valence-electron chi connectivity index (χ1n) is 10.4. The zero-order valence-corrected chi connectivity index (χ0v) is 19.3. The summed E-state index contributed by atoms with van der Waals surface area (Å²) < 4.78 is 7.69. The molecule has 1 aliphatic rings. The monoisotopic (exact) mass is 415 g/mol. The van der Waals surface area contributed by atoms with Crippen LogP contribution >= 0.6 is 11.8 Å². The highest BCUT2D eigenvalue weighted by molar-refractivity contribution is 7.99. The van der Waals surface area contributed by atoms with E-state index in [1.807, 2.05) is 20.8 Å². The van der Waals surface area contributed by atoms with Crippen molar-refractivity contribution in [2.24, 2.45) is 0 Å². The van der Waals surface area contributed by atoms with Crippen molar-refractivity contribution in [2.45, 2.75) is 89.4 Å². The van der Waals surface area contributed by atoms with Crippen LogP contribution in [-0.2, 0) is 14.9 Å². The van der Waals surface area contributed by atoms with E-state index in [4.69, 9.17) is 4.74 Å². The molecule has 0 aliphatic heterocycles. The minimum Gasteiger partial charge on any atom is -0.459 e. The first-order valence-corrected chi connectivity index (χ1v) is 11.4. The molecule has 0 spiro atoms. The highest BCUT2D eigenvalue weighted by Gasteiger charge is 2.26. The number of nitrogens with zero attached hydrogens (tertiary/aromatic N) is 3. The fraction of sp³-hybridized carbons (Fsp3) is 0.609. The van der Waals surface area contributed by atoms with Gasteiger partial charge in [0.15, 0.2) is 11.0 Å². The third-order valence-electron chi connectivity index (χ3n) is 5.10. The molecular weight excluding hydrogens is 382 g/mol. The summed E-state index contributed by atoms with van der Waals surface area (Å²) >= 11 is 1.42. The highest BCUT2D eigenvalue weighted by atomic mass is 32.2. The van der Waals surface area contributed by atoms with Gasteiger partial charge in [-0.25, -0.2) is 0 Å². The van der Waals surface area contributed by atoms with Crippen molar-refractivity contribution >= 4 is 17.7 Å². The molecule has 1 saturated carbocycles. The second kappa shape index (κ2) is 8.50. The molecule has 0 radical (unpaired) electrons. The maximum atomic E-state index is 12.2. The molecule has 6 heteroatoms. The van der Waals surface area contributed by atoms with E-state index in [-0.39, 0.29) is 17.1 Å². The van der Waals surface area contributed by atoms with Gasteiger partial charge in [-0.1, -0.05) is 69.6 Å². The number of aromatic nitrogens is 3. The van der Waals surface area contributed by atoms with Crippen LogP contribution in [0, 0.1) is 0 Å². The molecule has 158 valence electrons. The van der Waals surface area contributed by atoms with Crippen LogP contribution in [0.5, 0.6) is 0 Å². The van der Waals surface area contributed by atoms with Crippen LogP contribution in [0.1, 0.15) is 78.8 Å². The average molecular weight is 416 g/mol. The molecule has 0 N–H and O–H groups in total. The van der Waals surface area contributed by atoms with Gasteiger partial charge in [-0.2, -0.15) is 0 Å². The Balaban J connectivity index is 1.85. The van der Waals surface area contributed by atoms with Gasteiger partial charge in [-0.05, 0) is 44.6 Å². The lowest BCUT2D eigenvalue weighted by molar-refractivity contribution is -0.151. The van der Waals surface area contributed by atoms with Gasteiger partial charge < -0.3 is 4.74 Å². The topological polar surface area (TPSA) is 57.0 Å². The Labute approximate surface area is 178 Å². The highest BCUT2D eigenvalue weighted by Crippen LogP contribution is 2.37. The molecule has 0 atom stereocenters. The van der Waals surface area contributed by atoms with E-state index in [2.05, 4.69) is 59.8 Å². The summed E-state index contributed by atoms with van der Waals surface area (Å²) in [4.78, 5) is 12.2. The van der Waals surface area contributed by atoms with Crippen molar-refractivity contribution in [3.8, 4) is 11.4 Å². The molecule has 0 amide bonds. The van der Waals surface area contributed by atoms with Crippen molar-refractivity contribution in [2.75, 3.05) is 5.75 Å². The maximum Gasteiger partial charge on any atom is 0.316 e. The number of carbonyl (C=O) groups is 1. The summed E-state index contributed by atoms with van der Waals surface area (Å²) in [5, 5.41) is 9.76. The molecule has 1 fully saturated rings. The number of hydrogen-bond donors (Lipinski definition) is 0. The molecule has 1 aliphatic carbocycles. The Morgan fingerprint density at radius 2 is 1.69 bits per heavy atom. The number of thioether (sulfide) groups is 1. The van der Waals surface area contributed by atoms with Crippen molar-refractivity contribution in [1.82, 2.24) is 14.8 Å². The molecule has 0 unspecified atom stereocenters. The minimum absolute atomic E-state index is 0.117. The van der Waals surface area contributed by atoms with E-state index < -0.39 is 5.60 Å². The molecule has 1 heterocycles. The number of hydrogen-bond acceptors (Lipinski definition) is 5. The molecule has 2 aromatic rings. The van der Waals surface area contributed by atoms with Gasteiger partial charge >= 0.3 is 5.97 Å². The van der Waals surface area contributed by atoms with E-state index in [9.17, 15) is 4.79 Å². The molecule has 1 aromatic carbocycles. The van der Waals surface area contributed by atoms with Crippen LogP contribution in [-0.4, -0.2) is 32.1 Å². The van der Waals surface area contributed by atoms with Gasteiger partial charge in [0.05, 0.1) is 5.75 Å². The molecule has 0 bridgehead atoms. The normalized spacial score (nSPS) is 15.7. The van der Waals surface area contributed by atoms with Gasteiger partial charge in [0, 0.05) is 11.6 Å². The third-order valence-corrected chi connectivity index (χ3v) is 6.02. The Bertz CT molecular complexity index is 838. The van der Waals surface area contributed by atoms with Gasteiger partial charge in [0.25, 0.3) is 0 Å². The van der Waals surface area contributed by atoms with E-state index in [1.165, 1.54) is 30.2 Å². The quantitative estimate of drug-likeness (QED) is 0.457. The van der Waals surface area contributed by atoms with Crippen LogP contribution < -0.4 is 0 Å². The van der Waals surface area contributed by atoms with Crippen molar-refractivity contribution in [3.05, 3.63) is 29.8 Å². The predicted molar refractivity (Wildman–Crippen MR) is 118 cm³/mol. The van der Waals surface area contributed by atoms with E-state index in [1.54, 1.807) is 0 Å². The van der Waals surface area contributed by atoms with Crippen LogP contribution in [0.15, 0.2) is 29.4 Å². The largest absolute Gasteiger partial charge is 0.459 e. The fourth-order valence-electron chi connectivity index (χ4n) is 3.68. The molecule has 29 heavy (non-hydrogen) atoms. The SMILES string of the molecule is CC(C)(C)OC(=O)CSc1nnc(-c2ccc(C(C)(C)C)cc2)n1C1CCCC1. The average Bonchev–Trinajstić information content (AvgIpc) is 3.27. The lowest BCUT2D eigenvalue weighted by Gasteiger charge is -2.20. The predicted octanol–water partition coefficient (Wildman–Crippen LogP) is 5.79.